The highest BCUT2D eigenvalue weighted by Crippen LogP contribution is 2.13. The third-order valence-electron chi connectivity index (χ3n) is 7.48. The fourth-order valence-electron chi connectivity index (χ4n) is 4.76. The van der Waals surface area contributed by atoms with E-state index in [1.807, 2.05) is 0 Å². The van der Waals surface area contributed by atoms with Gasteiger partial charge >= 0.3 is 5.97 Å². The average molecular weight is 633 g/mol. The van der Waals surface area contributed by atoms with Crippen molar-refractivity contribution < 1.29 is 38.0 Å². The summed E-state index contributed by atoms with van der Waals surface area (Å²) < 4.78 is 38.2. The SMILES string of the molecule is CCCCCCCCCCCCCCCCCCOCCOCCOCCOCCOCCOCCOC(=O)CCCCC. The largest absolute Gasteiger partial charge is 0.463 e. The van der Waals surface area contributed by atoms with Crippen LogP contribution in [0, 0.1) is 0 Å². The van der Waals surface area contributed by atoms with E-state index in [9.17, 15) is 4.79 Å². The molecule has 0 bridgehead atoms. The molecular weight excluding hydrogens is 560 g/mol. The first-order valence-corrected chi connectivity index (χ1v) is 18.4. The lowest BCUT2D eigenvalue weighted by Gasteiger charge is -2.08. The number of hydrogen-bond donors (Lipinski definition) is 0. The van der Waals surface area contributed by atoms with Crippen LogP contribution < -0.4 is 0 Å². The molecule has 0 rings (SSSR count). The molecule has 0 aromatic carbocycles. The van der Waals surface area contributed by atoms with Crippen LogP contribution in [-0.4, -0.2) is 91.9 Å². The highest BCUT2D eigenvalue weighted by molar-refractivity contribution is 5.69. The van der Waals surface area contributed by atoms with Crippen LogP contribution in [0.2, 0.25) is 0 Å². The molecule has 0 aliphatic rings. The van der Waals surface area contributed by atoms with Gasteiger partial charge in [-0.3, -0.25) is 4.79 Å². The standard InChI is InChI=1S/C36H72O8/c1-3-5-7-8-9-10-11-12-13-14-15-16-17-18-19-21-23-38-24-25-39-26-27-40-28-29-41-30-31-42-32-33-43-34-35-44-36(37)22-20-6-4-2/h3-35H2,1-2H3. The van der Waals surface area contributed by atoms with Gasteiger partial charge in [-0.2, -0.15) is 0 Å². The maximum atomic E-state index is 11.5. The summed E-state index contributed by atoms with van der Waals surface area (Å²) in [4.78, 5) is 11.5. The van der Waals surface area contributed by atoms with Crippen LogP contribution >= 0.6 is 0 Å². The first-order valence-electron chi connectivity index (χ1n) is 18.4. The van der Waals surface area contributed by atoms with Gasteiger partial charge < -0.3 is 33.2 Å². The number of carbonyl (C=O) groups is 1. The first-order chi connectivity index (χ1) is 21.8. The normalized spacial score (nSPS) is 11.4. The minimum atomic E-state index is -0.146. The van der Waals surface area contributed by atoms with Gasteiger partial charge in [0.1, 0.15) is 6.61 Å². The minimum absolute atomic E-state index is 0.146. The van der Waals surface area contributed by atoms with E-state index in [1.165, 1.54) is 96.3 Å². The number of ether oxygens (including phenoxy) is 7. The number of unbranched alkanes of at least 4 members (excludes halogenated alkanes) is 17. The molecule has 0 fully saturated rings. The highest BCUT2D eigenvalue weighted by atomic mass is 16.6. The molecular formula is C36H72O8. The summed E-state index contributed by atoms with van der Waals surface area (Å²) in [6, 6.07) is 0. The first kappa shape index (κ1) is 43.2. The number of carbonyl (C=O) groups excluding carboxylic acids is 1. The molecule has 0 aliphatic carbocycles. The molecule has 0 atom stereocenters. The molecule has 0 amide bonds. The van der Waals surface area contributed by atoms with Gasteiger partial charge in [-0.1, -0.05) is 123 Å². The summed E-state index contributed by atoms with van der Waals surface area (Å²) in [7, 11) is 0. The van der Waals surface area contributed by atoms with Crippen LogP contribution in [0.15, 0.2) is 0 Å². The molecule has 8 heteroatoms. The van der Waals surface area contributed by atoms with Gasteiger partial charge in [0.05, 0.1) is 72.7 Å². The molecule has 264 valence electrons. The van der Waals surface area contributed by atoms with Crippen molar-refractivity contribution in [3.63, 3.8) is 0 Å². The summed E-state index contributed by atoms with van der Waals surface area (Å²) in [6.45, 7) is 11.4. The van der Waals surface area contributed by atoms with Crippen LogP contribution in [0.1, 0.15) is 142 Å². The maximum absolute atomic E-state index is 11.5. The van der Waals surface area contributed by atoms with Crippen molar-refractivity contribution in [3.8, 4) is 0 Å². The van der Waals surface area contributed by atoms with Crippen LogP contribution in [0.5, 0.6) is 0 Å². The van der Waals surface area contributed by atoms with Gasteiger partial charge in [0.2, 0.25) is 0 Å². The molecule has 0 N–H and O–H groups in total. The Labute approximate surface area is 271 Å². The summed E-state index contributed by atoms with van der Waals surface area (Å²) in [6.07, 6.45) is 25.8. The number of rotatable bonds is 39. The number of esters is 1. The lowest BCUT2D eigenvalue weighted by Crippen LogP contribution is -2.15. The molecule has 0 spiro atoms. The van der Waals surface area contributed by atoms with Crippen LogP contribution in [-0.2, 0) is 38.0 Å². The van der Waals surface area contributed by atoms with E-state index in [-0.39, 0.29) is 5.97 Å². The van der Waals surface area contributed by atoms with Crippen LogP contribution in [0.4, 0.5) is 0 Å². The Morgan fingerprint density at radius 2 is 0.591 bits per heavy atom. The molecule has 0 radical (unpaired) electrons. The minimum Gasteiger partial charge on any atom is -0.463 e. The maximum Gasteiger partial charge on any atom is 0.305 e. The van der Waals surface area contributed by atoms with Crippen molar-refractivity contribution >= 4 is 5.97 Å². The summed E-state index contributed by atoms with van der Waals surface area (Å²) in [5.74, 6) is -0.146. The molecule has 0 unspecified atom stereocenters. The highest BCUT2D eigenvalue weighted by Gasteiger charge is 2.02. The average Bonchev–Trinajstić information content (AvgIpc) is 3.03. The second-order valence-electron chi connectivity index (χ2n) is 11.7. The Balaban J connectivity index is 3.07. The molecule has 44 heavy (non-hydrogen) atoms. The molecule has 0 aromatic heterocycles. The topological polar surface area (TPSA) is 81.7 Å². The van der Waals surface area contributed by atoms with Crippen LogP contribution in [0.25, 0.3) is 0 Å². The zero-order valence-electron chi connectivity index (χ0n) is 29.1. The Kier molecular flexibility index (Phi) is 39.5. The fraction of sp³-hybridized carbons (Fsp3) is 0.972. The van der Waals surface area contributed by atoms with Gasteiger partial charge in [-0.15, -0.1) is 0 Å². The van der Waals surface area contributed by atoms with Crippen molar-refractivity contribution in [3.05, 3.63) is 0 Å². The molecule has 0 aromatic rings. The van der Waals surface area contributed by atoms with E-state index >= 15 is 0 Å². The molecule has 0 saturated heterocycles. The quantitative estimate of drug-likeness (QED) is 0.0493. The van der Waals surface area contributed by atoms with E-state index in [1.54, 1.807) is 0 Å². The third-order valence-corrected chi connectivity index (χ3v) is 7.48. The van der Waals surface area contributed by atoms with Crippen molar-refractivity contribution in [1.82, 2.24) is 0 Å². The second kappa shape index (κ2) is 40.3. The third kappa shape index (κ3) is 39.3. The van der Waals surface area contributed by atoms with Crippen molar-refractivity contribution in [2.24, 2.45) is 0 Å². The predicted octanol–water partition coefficient (Wildman–Crippen LogP) is 8.47. The van der Waals surface area contributed by atoms with Crippen molar-refractivity contribution in [1.29, 1.82) is 0 Å². The molecule has 0 heterocycles. The van der Waals surface area contributed by atoms with Gasteiger partial charge in [-0.05, 0) is 12.8 Å². The summed E-state index contributed by atoms with van der Waals surface area (Å²) >= 11 is 0. The second-order valence-corrected chi connectivity index (χ2v) is 11.7. The van der Waals surface area contributed by atoms with Gasteiger partial charge in [0.25, 0.3) is 0 Å². The fourth-order valence-corrected chi connectivity index (χ4v) is 4.76. The van der Waals surface area contributed by atoms with E-state index in [0.717, 1.165) is 32.3 Å². The molecule has 0 aliphatic heterocycles. The zero-order valence-corrected chi connectivity index (χ0v) is 29.1. The van der Waals surface area contributed by atoms with E-state index in [4.69, 9.17) is 33.2 Å². The van der Waals surface area contributed by atoms with Gasteiger partial charge in [0.15, 0.2) is 0 Å². The van der Waals surface area contributed by atoms with Gasteiger partial charge in [-0.25, -0.2) is 0 Å². The van der Waals surface area contributed by atoms with Crippen molar-refractivity contribution in [2.75, 3.05) is 85.9 Å². The van der Waals surface area contributed by atoms with Crippen molar-refractivity contribution in [2.45, 2.75) is 142 Å². The Morgan fingerprint density at radius 3 is 0.955 bits per heavy atom. The molecule has 8 nitrogen and oxygen atoms in total. The Bertz CT molecular complexity index is 534. The monoisotopic (exact) mass is 633 g/mol. The summed E-state index contributed by atoms with van der Waals surface area (Å²) in [5.41, 5.74) is 0. The lowest BCUT2D eigenvalue weighted by atomic mass is 10.0. The number of hydrogen-bond acceptors (Lipinski definition) is 8. The molecule has 0 saturated carbocycles. The van der Waals surface area contributed by atoms with E-state index < -0.39 is 0 Å². The van der Waals surface area contributed by atoms with E-state index in [2.05, 4.69) is 13.8 Å². The smallest absolute Gasteiger partial charge is 0.305 e. The van der Waals surface area contributed by atoms with Crippen LogP contribution in [0.3, 0.4) is 0 Å². The lowest BCUT2D eigenvalue weighted by molar-refractivity contribution is -0.145. The predicted molar refractivity (Wildman–Crippen MR) is 180 cm³/mol. The van der Waals surface area contributed by atoms with E-state index in [0.29, 0.717) is 85.7 Å². The van der Waals surface area contributed by atoms with Gasteiger partial charge in [0, 0.05) is 13.0 Å². The summed E-state index contributed by atoms with van der Waals surface area (Å²) in [5, 5.41) is 0. The Morgan fingerprint density at radius 1 is 0.318 bits per heavy atom. The zero-order chi connectivity index (χ0) is 31.9. The Hall–Kier alpha value is -0.770.